The zero-order valence-corrected chi connectivity index (χ0v) is 19.7. The molecular weight excluding hydrogens is 485 g/mol. The summed E-state index contributed by atoms with van der Waals surface area (Å²) in [4.78, 5) is 29.9. The van der Waals surface area contributed by atoms with E-state index in [0.717, 1.165) is 0 Å². The number of nitro benzene ring substituents is 1. The van der Waals surface area contributed by atoms with Crippen LogP contribution in [0.15, 0.2) is 40.9 Å². The van der Waals surface area contributed by atoms with E-state index < -0.39 is 4.92 Å². The van der Waals surface area contributed by atoms with Crippen molar-refractivity contribution in [3.63, 3.8) is 0 Å². The lowest BCUT2D eigenvalue weighted by atomic mass is 9.95. The first-order chi connectivity index (χ1) is 16.3. The minimum Gasteiger partial charge on any atom is -0.495 e. The molecule has 0 spiro atoms. The Kier molecular flexibility index (Phi) is 7.30. The zero-order chi connectivity index (χ0) is 24.2. The Labute approximate surface area is 204 Å². The average molecular weight is 506 g/mol. The lowest BCUT2D eigenvalue weighted by molar-refractivity contribution is -0.384. The number of hydrogen-bond acceptors (Lipinski definition) is 8. The monoisotopic (exact) mass is 505 g/mol. The number of aromatic nitrogens is 2. The quantitative estimate of drug-likeness (QED) is 0.358. The Morgan fingerprint density at radius 2 is 2.03 bits per heavy atom. The molecule has 4 rings (SSSR count). The fourth-order valence-electron chi connectivity index (χ4n) is 3.79. The number of carbonyl (C=O) groups is 1. The smallest absolute Gasteiger partial charge is 0.271 e. The molecule has 0 aliphatic carbocycles. The van der Waals surface area contributed by atoms with E-state index in [1.54, 1.807) is 18.2 Å². The Hall–Kier alpha value is -3.21. The number of nitrogens with zero attached hydrogens (tertiary/aromatic N) is 4. The molecule has 1 fully saturated rings. The second kappa shape index (κ2) is 10.4. The largest absolute Gasteiger partial charge is 0.495 e. The first-order valence-corrected chi connectivity index (χ1v) is 11.2. The van der Waals surface area contributed by atoms with Gasteiger partial charge in [-0.1, -0.05) is 28.4 Å². The van der Waals surface area contributed by atoms with Crippen molar-refractivity contribution in [1.29, 1.82) is 0 Å². The summed E-state index contributed by atoms with van der Waals surface area (Å²) < 4.78 is 10.6. The first kappa shape index (κ1) is 23.9. The predicted octanol–water partition coefficient (Wildman–Crippen LogP) is 4.81. The van der Waals surface area contributed by atoms with E-state index in [4.69, 9.17) is 32.5 Å². The van der Waals surface area contributed by atoms with Crippen molar-refractivity contribution in [2.45, 2.75) is 19.4 Å². The van der Waals surface area contributed by atoms with Gasteiger partial charge >= 0.3 is 0 Å². The Bertz CT molecular complexity index is 1210. The molecule has 1 aliphatic rings. The first-order valence-electron chi connectivity index (χ1n) is 10.5. The van der Waals surface area contributed by atoms with Gasteiger partial charge in [0.2, 0.25) is 17.6 Å². The highest BCUT2D eigenvalue weighted by Gasteiger charge is 2.27. The zero-order valence-electron chi connectivity index (χ0n) is 18.2. The normalized spacial score (nSPS) is 14.7. The molecule has 1 amide bonds. The van der Waals surface area contributed by atoms with Crippen LogP contribution in [0.25, 0.3) is 11.4 Å². The average Bonchev–Trinajstić information content (AvgIpc) is 3.27. The number of likely N-dealkylation sites (tertiary alicyclic amines) is 1. The second-order valence-electron chi connectivity index (χ2n) is 7.82. The van der Waals surface area contributed by atoms with Crippen LogP contribution in [0.3, 0.4) is 0 Å². The van der Waals surface area contributed by atoms with Gasteiger partial charge in [0, 0.05) is 28.6 Å². The summed E-state index contributed by atoms with van der Waals surface area (Å²) in [6.45, 7) is 1.76. The third-order valence-corrected chi connectivity index (χ3v) is 6.16. The van der Waals surface area contributed by atoms with E-state index in [1.165, 1.54) is 25.3 Å². The number of ether oxygens (including phenoxy) is 1. The van der Waals surface area contributed by atoms with Crippen molar-refractivity contribution in [1.82, 2.24) is 15.0 Å². The minimum atomic E-state index is -0.516. The summed E-state index contributed by atoms with van der Waals surface area (Å²) in [7, 11) is 1.44. The molecule has 12 heteroatoms. The molecule has 0 unspecified atom stereocenters. The molecule has 3 aromatic rings. The van der Waals surface area contributed by atoms with Crippen LogP contribution in [-0.2, 0) is 11.3 Å². The number of anilines is 1. The molecule has 0 radical (unpaired) electrons. The van der Waals surface area contributed by atoms with Gasteiger partial charge in [-0.25, -0.2) is 0 Å². The number of benzene rings is 2. The lowest BCUT2D eigenvalue weighted by Crippen LogP contribution is -2.37. The number of nitro groups is 1. The van der Waals surface area contributed by atoms with Gasteiger partial charge in [-0.15, -0.1) is 0 Å². The van der Waals surface area contributed by atoms with Crippen molar-refractivity contribution in [2.24, 2.45) is 5.92 Å². The van der Waals surface area contributed by atoms with Crippen LogP contribution in [0.5, 0.6) is 5.75 Å². The second-order valence-corrected chi connectivity index (χ2v) is 8.66. The molecule has 0 saturated carbocycles. The Balaban J connectivity index is 1.33. The van der Waals surface area contributed by atoms with Gasteiger partial charge in [0.25, 0.3) is 5.69 Å². The van der Waals surface area contributed by atoms with Crippen LogP contribution in [-0.4, -0.2) is 46.1 Å². The van der Waals surface area contributed by atoms with Gasteiger partial charge in [-0.05, 0) is 50.2 Å². The number of nitrogens with one attached hydrogen (secondary N) is 1. The molecule has 2 heterocycles. The van der Waals surface area contributed by atoms with Gasteiger partial charge in [0.05, 0.1) is 29.3 Å². The third kappa shape index (κ3) is 5.46. The van der Waals surface area contributed by atoms with Crippen molar-refractivity contribution in [2.75, 3.05) is 25.5 Å². The van der Waals surface area contributed by atoms with Crippen molar-refractivity contribution >= 4 is 40.5 Å². The number of piperidine rings is 1. The molecule has 178 valence electrons. The maximum atomic E-state index is 12.8. The van der Waals surface area contributed by atoms with Gasteiger partial charge in [0.15, 0.2) is 0 Å². The molecule has 0 bridgehead atoms. The molecule has 10 nitrogen and oxygen atoms in total. The fourth-order valence-corrected chi connectivity index (χ4v) is 4.28. The lowest BCUT2D eigenvalue weighted by Gasteiger charge is -2.30. The standard InChI is InChI=1S/C22H21Cl2N5O5/c1-33-19-5-3-15(29(31)32)11-18(19)25-22(30)13-6-8-28(9-7-13)12-20-26-21(27-34-20)16-4-2-14(23)10-17(16)24/h2-5,10-11,13H,6-9,12H2,1H3,(H,25,30). The molecule has 1 saturated heterocycles. The molecule has 34 heavy (non-hydrogen) atoms. The van der Waals surface area contributed by atoms with Gasteiger partial charge < -0.3 is 14.6 Å². The SMILES string of the molecule is COc1ccc([N+](=O)[O-])cc1NC(=O)C1CCN(Cc2nc(-c3ccc(Cl)cc3Cl)no2)CC1. The number of carbonyl (C=O) groups excluding carboxylic acids is 1. The molecule has 0 atom stereocenters. The number of halogens is 2. The van der Waals surface area contributed by atoms with Crippen molar-refractivity contribution in [3.8, 4) is 17.1 Å². The predicted molar refractivity (Wildman–Crippen MR) is 126 cm³/mol. The molecule has 1 aromatic heterocycles. The van der Waals surface area contributed by atoms with E-state index in [0.29, 0.717) is 65.5 Å². The van der Waals surface area contributed by atoms with E-state index in [9.17, 15) is 14.9 Å². The van der Waals surface area contributed by atoms with Crippen LogP contribution in [0, 0.1) is 16.0 Å². The topological polar surface area (TPSA) is 124 Å². The number of amides is 1. The maximum absolute atomic E-state index is 12.8. The van der Waals surface area contributed by atoms with E-state index >= 15 is 0 Å². The Morgan fingerprint density at radius 1 is 1.26 bits per heavy atom. The van der Waals surface area contributed by atoms with Gasteiger partial charge in [-0.3, -0.25) is 19.8 Å². The van der Waals surface area contributed by atoms with Crippen LogP contribution < -0.4 is 10.1 Å². The van der Waals surface area contributed by atoms with Crippen molar-refractivity contribution in [3.05, 3.63) is 62.4 Å². The highest BCUT2D eigenvalue weighted by Crippen LogP contribution is 2.31. The summed E-state index contributed by atoms with van der Waals surface area (Å²) >= 11 is 12.2. The summed E-state index contributed by atoms with van der Waals surface area (Å²) in [5.41, 5.74) is 0.793. The summed E-state index contributed by atoms with van der Waals surface area (Å²) in [5, 5.41) is 18.8. The number of methoxy groups -OCH3 is 1. The number of non-ortho nitro benzene ring substituents is 1. The third-order valence-electron chi connectivity index (χ3n) is 5.61. The molecule has 2 aromatic carbocycles. The van der Waals surface area contributed by atoms with Crippen molar-refractivity contribution < 1.29 is 19.0 Å². The summed E-state index contributed by atoms with van der Waals surface area (Å²) in [6, 6.07) is 9.15. The van der Waals surface area contributed by atoms with E-state index in [2.05, 4.69) is 20.4 Å². The van der Waals surface area contributed by atoms with Crippen LogP contribution in [0.2, 0.25) is 10.0 Å². The summed E-state index contributed by atoms with van der Waals surface area (Å²) in [6.07, 6.45) is 1.24. The summed E-state index contributed by atoms with van der Waals surface area (Å²) in [5.74, 6) is 0.772. The van der Waals surface area contributed by atoms with E-state index in [-0.39, 0.29) is 23.2 Å². The molecule has 1 aliphatic heterocycles. The van der Waals surface area contributed by atoms with Crippen LogP contribution in [0.1, 0.15) is 18.7 Å². The van der Waals surface area contributed by atoms with Crippen LogP contribution >= 0.6 is 23.2 Å². The minimum absolute atomic E-state index is 0.121. The fraction of sp³-hybridized carbons (Fsp3) is 0.318. The maximum Gasteiger partial charge on any atom is 0.271 e. The number of rotatable bonds is 7. The molecule has 1 N–H and O–H groups in total. The highest BCUT2D eigenvalue weighted by molar-refractivity contribution is 6.36. The highest BCUT2D eigenvalue weighted by atomic mass is 35.5. The number of hydrogen-bond donors (Lipinski definition) is 1. The van der Waals surface area contributed by atoms with Gasteiger partial charge in [-0.2, -0.15) is 4.98 Å². The van der Waals surface area contributed by atoms with Gasteiger partial charge in [0.1, 0.15) is 5.75 Å². The molecular formula is C22H21Cl2N5O5. The van der Waals surface area contributed by atoms with Crippen LogP contribution in [0.4, 0.5) is 11.4 Å². The Morgan fingerprint density at radius 3 is 2.71 bits per heavy atom. The van der Waals surface area contributed by atoms with E-state index in [1.807, 2.05) is 0 Å².